The number of amides is 1. The predicted molar refractivity (Wildman–Crippen MR) is 81.7 cm³/mol. The summed E-state index contributed by atoms with van der Waals surface area (Å²) in [6.07, 6.45) is 0. The number of benzene rings is 1. The lowest BCUT2D eigenvalue weighted by Gasteiger charge is -2.30. The van der Waals surface area contributed by atoms with Crippen LogP contribution >= 0.6 is 0 Å². The molecule has 0 fully saturated rings. The van der Waals surface area contributed by atoms with Crippen LogP contribution in [0.15, 0.2) is 22.7 Å². The molecule has 2 N–H and O–H groups in total. The molecule has 1 aromatic carbocycles. The second-order valence-electron chi connectivity index (χ2n) is 5.59. The molecular formula is C16H19N3O3. The summed E-state index contributed by atoms with van der Waals surface area (Å²) in [5, 5.41) is 3.94. The zero-order chi connectivity index (χ0) is 15.9. The molecule has 1 aliphatic heterocycles. The summed E-state index contributed by atoms with van der Waals surface area (Å²) < 4.78 is 10.7. The molecule has 3 rings (SSSR count). The van der Waals surface area contributed by atoms with Gasteiger partial charge >= 0.3 is 0 Å². The van der Waals surface area contributed by atoms with Gasteiger partial charge in [0.05, 0.1) is 17.9 Å². The van der Waals surface area contributed by atoms with Crippen molar-refractivity contribution in [1.82, 2.24) is 5.16 Å². The Morgan fingerprint density at radius 2 is 2.18 bits per heavy atom. The molecule has 6 nitrogen and oxygen atoms in total. The lowest BCUT2D eigenvalue weighted by Crippen LogP contribution is -2.38. The first-order valence-corrected chi connectivity index (χ1v) is 7.22. The minimum atomic E-state index is -0.108. The molecular weight excluding hydrogens is 282 g/mol. The van der Waals surface area contributed by atoms with Crippen molar-refractivity contribution in [2.75, 3.05) is 11.5 Å². The van der Waals surface area contributed by atoms with Gasteiger partial charge in [-0.25, -0.2) is 0 Å². The number of nitrogens with zero attached hydrogens (tertiary/aromatic N) is 2. The Bertz CT molecular complexity index is 702. The standard InChI is InChI=1S/C16H19N3O3/c1-9(17)12-4-5-15-14(6-12)19(16(20)8-21-15)7-13-10(2)18-22-11(13)3/h4-6,9H,7-8,17H2,1-3H3/t9-/m0/s1. The van der Waals surface area contributed by atoms with Gasteiger partial charge in [-0.15, -0.1) is 0 Å². The van der Waals surface area contributed by atoms with Crippen LogP contribution in [0.4, 0.5) is 5.69 Å². The van der Waals surface area contributed by atoms with Crippen LogP contribution in [0.2, 0.25) is 0 Å². The fourth-order valence-corrected chi connectivity index (χ4v) is 2.56. The Balaban J connectivity index is 2.01. The van der Waals surface area contributed by atoms with Crippen molar-refractivity contribution in [2.45, 2.75) is 33.4 Å². The number of hydrogen-bond acceptors (Lipinski definition) is 5. The highest BCUT2D eigenvalue weighted by molar-refractivity contribution is 5.97. The Kier molecular flexibility index (Phi) is 3.62. The van der Waals surface area contributed by atoms with Crippen LogP contribution in [-0.2, 0) is 11.3 Å². The molecule has 6 heteroatoms. The number of hydrogen-bond donors (Lipinski definition) is 1. The topological polar surface area (TPSA) is 81.6 Å². The molecule has 2 heterocycles. The van der Waals surface area contributed by atoms with Crippen molar-refractivity contribution < 1.29 is 14.1 Å². The summed E-state index contributed by atoms with van der Waals surface area (Å²) in [7, 11) is 0. The quantitative estimate of drug-likeness (QED) is 0.940. The summed E-state index contributed by atoms with van der Waals surface area (Å²) in [5.74, 6) is 1.33. The second kappa shape index (κ2) is 5.46. The Morgan fingerprint density at radius 3 is 2.82 bits per heavy atom. The Morgan fingerprint density at radius 1 is 1.41 bits per heavy atom. The fraction of sp³-hybridized carbons (Fsp3) is 0.375. The molecule has 22 heavy (non-hydrogen) atoms. The average Bonchev–Trinajstić information content (AvgIpc) is 2.81. The third kappa shape index (κ3) is 2.46. The maximum absolute atomic E-state index is 12.3. The van der Waals surface area contributed by atoms with Crippen LogP contribution in [0, 0.1) is 13.8 Å². The van der Waals surface area contributed by atoms with Crippen LogP contribution in [0.5, 0.6) is 5.75 Å². The van der Waals surface area contributed by atoms with E-state index in [1.165, 1.54) is 0 Å². The van der Waals surface area contributed by atoms with Gasteiger partial charge in [-0.3, -0.25) is 4.79 Å². The number of rotatable bonds is 3. The molecule has 0 unspecified atom stereocenters. The number of aromatic nitrogens is 1. The summed E-state index contributed by atoms with van der Waals surface area (Å²) in [4.78, 5) is 14.0. The first-order chi connectivity index (χ1) is 10.5. The molecule has 1 aromatic heterocycles. The van der Waals surface area contributed by atoms with Crippen LogP contribution in [0.3, 0.4) is 0 Å². The van der Waals surface area contributed by atoms with Crippen LogP contribution in [0.1, 0.15) is 35.5 Å². The van der Waals surface area contributed by atoms with Crippen molar-refractivity contribution in [3.05, 3.63) is 40.8 Å². The average molecular weight is 301 g/mol. The summed E-state index contributed by atoms with van der Waals surface area (Å²) in [6.45, 7) is 6.08. The summed E-state index contributed by atoms with van der Waals surface area (Å²) in [6, 6.07) is 5.59. The summed E-state index contributed by atoms with van der Waals surface area (Å²) >= 11 is 0. The molecule has 0 radical (unpaired) electrons. The number of aryl methyl sites for hydroxylation is 2. The molecule has 1 atom stereocenters. The van der Waals surface area contributed by atoms with Gasteiger partial charge in [0.25, 0.3) is 5.91 Å². The molecule has 0 spiro atoms. The molecule has 0 bridgehead atoms. The van der Waals surface area contributed by atoms with Gasteiger partial charge < -0.3 is 19.9 Å². The van der Waals surface area contributed by atoms with Crippen LogP contribution in [-0.4, -0.2) is 17.7 Å². The molecule has 0 aliphatic carbocycles. The monoisotopic (exact) mass is 301 g/mol. The number of carbonyl (C=O) groups excluding carboxylic acids is 1. The number of nitrogens with two attached hydrogens (primary N) is 1. The van der Waals surface area contributed by atoms with Gasteiger partial charge in [-0.1, -0.05) is 11.2 Å². The van der Waals surface area contributed by atoms with Gasteiger partial charge in [0.15, 0.2) is 6.61 Å². The zero-order valence-electron chi connectivity index (χ0n) is 12.9. The van der Waals surface area contributed by atoms with Crippen molar-refractivity contribution >= 4 is 11.6 Å². The third-order valence-corrected chi connectivity index (χ3v) is 3.95. The molecule has 2 aromatic rings. The highest BCUT2D eigenvalue weighted by Crippen LogP contribution is 2.35. The molecule has 1 aliphatic rings. The largest absolute Gasteiger partial charge is 0.482 e. The van der Waals surface area contributed by atoms with Gasteiger partial charge in [0.2, 0.25) is 0 Å². The van der Waals surface area contributed by atoms with Crippen molar-refractivity contribution in [1.29, 1.82) is 0 Å². The van der Waals surface area contributed by atoms with Gasteiger partial charge in [0, 0.05) is 11.6 Å². The maximum atomic E-state index is 12.3. The van der Waals surface area contributed by atoms with Crippen molar-refractivity contribution in [3.8, 4) is 5.75 Å². The van der Waals surface area contributed by atoms with Gasteiger partial charge in [0.1, 0.15) is 11.5 Å². The second-order valence-corrected chi connectivity index (χ2v) is 5.59. The number of fused-ring (bicyclic) bond motifs is 1. The van der Waals surface area contributed by atoms with E-state index in [1.54, 1.807) is 4.90 Å². The van der Waals surface area contributed by atoms with Crippen molar-refractivity contribution in [2.24, 2.45) is 5.73 Å². The zero-order valence-corrected chi connectivity index (χ0v) is 12.9. The summed E-state index contributed by atoms with van der Waals surface area (Å²) in [5.41, 5.74) is 9.36. The lowest BCUT2D eigenvalue weighted by atomic mass is 10.1. The van der Waals surface area contributed by atoms with E-state index in [4.69, 9.17) is 15.0 Å². The third-order valence-electron chi connectivity index (χ3n) is 3.95. The van der Waals surface area contributed by atoms with E-state index in [0.29, 0.717) is 12.3 Å². The number of ether oxygens (including phenoxy) is 1. The predicted octanol–water partition coefficient (Wildman–Crippen LogP) is 2.24. The van der Waals surface area contributed by atoms with E-state index in [2.05, 4.69) is 5.16 Å². The normalized spacial score (nSPS) is 15.5. The first kappa shape index (κ1) is 14.6. The first-order valence-electron chi connectivity index (χ1n) is 7.22. The fourth-order valence-electron chi connectivity index (χ4n) is 2.56. The minimum Gasteiger partial charge on any atom is -0.482 e. The van der Waals surface area contributed by atoms with E-state index < -0.39 is 0 Å². The van der Waals surface area contributed by atoms with Crippen LogP contribution in [0.25, 0.3) is 0 Å². The molecule has 116 valence electrons. The van der Waals surface area contributed by atoms with Gasteiger partial charge in [-0.2, -0.15) is 0 Å². The molecule has 1 amide bonds. The number of anilines is 1. The maximum Gasteiger partial charge on any atom is 0.265 e. The molecule has 0 saturated carbocycles. The minimum absolute atomic E-state index is 0.0356. The molecule has 0 saturated heterocycles. The van der Waals surface area contributed by atoms with Crippen LogP contribution < -0.4 is 15.4 Å². The van der Waals surface area contributed by atoms with E-state index in [0.717, 1.165) is 28.3 Å². The Labute approximate surface area is 128 Å². The van der Waals surface area contributed by atoms with Gasteiger partial charge in [-0.05, 0) is 38.5 Å². The Hall–Kier alpha value is -2.34. The highest BCUT2D eigenvalue weighted by Gasteiger charge is 2.28. The highest BCUT2D eigenvalue weighted by atomic mass is 16.5. The van der Waals surface area contributed by atoms with E-state index in [9.17, 15) is 4.79 Å². The lowest BCUT2D eigenvalue weighted by molar-refractivity contribution is -0.121. The SMILES string of the molecule is Cc1noc(C)c1CN1C(=O)COc2ccc([C@H](C)N)cc21. The van der Waals surface area contributed by atoms with Crippen molar-refractivity contribution in [3.63, 3.8) is 0 Å². The van der Waals surface area contributed by atoms with E-state index in [-0.39, 0.29) is 18.6 Å². The van der Waals surface area contributed by atoms with E-state index >= 15 is 0 Å². The smallest absolute Gasteiger partial charge is 0.265 e. The van der Waals surface area contributed by atoms with E-state index in [1.807, 2.05) is 39.0 Å². The number of carbonyl (C=O) groups is 1.